The number of rotatable bonds is 6. The van der Waals surface area contributed by atoms with Crippen molar-refractivity contribution in [3.05, 3.63) is 40.9 Å². The first-order valence-corrected chi connectivity index (χ1v) is 9.93. The highest BCUT2D eigenvalue weighted by molar-refractivity contribution is 7.13. The molecule has 2 nitrogen and oxygen atoms in total. The molecular weight excluding hydrogens is 300 g/mol. The highest BCUT2D eigenvalue weighted by atomic mass is 32.1. The maximum Gasteiger partial charge on any atom is 0.123 e. The third kappa shape index (κ3) is 4.21. The number of nitrogens with zero attached hydrogens (tertiary/aromatic N) is 1. The van der Waals surface area contributed by atoms with Crippen LogP contribution in [0.3, 0.4) is 0 Å². The van der Waals surface area contributed by atoms with Crippen molar-refractivity contribution in [2.45, 2.75) is 64.3 Å². The van der Waals surface area contributed by atoms with Gasteiger partial charge in [0.1, 0.15) is 5.01 Å². The Kier molecular flexibility index (Phi) is 5.85. The van der Waals surface area contributed by atoms with Crippen LogP contribution >= 0.6 is 11.3 Å². The molecule has 3 heteroatoms. The van der Waals surface area contributed by atoms with Gasteiger partial charge in [-0.25, -0.2) is 4.98 Å². The van der Waals surface area contributed by atoms with Crippen molar-refractivity contribution in [2.24, 2.45) is 11.7 Å². The molecule has 0 radical (unpaired) electrons. The van der Waals surface area contributed by atoms with Crippen molar-refractivity contribution in [3.8, 4) is 10.6 Å². The van der Waals surface area contributed by atoms with E-state index in [1.165, 1.54) is 61.8 Å². The molecule has 1 fully saturated rings. The summed E-state index contributed by atoms with van der Waals surface area (Å²) in [6.45, 7) is 2.88. The normalized spacial score (nSPS) is 21.5. The second-order valence-electron chi connectivity index (χ2n) is 6.84. The molecule has 124 valence electrons. The zero-order chi connectivity index (χ0) is 16.1. The van der Waals surface area contributed by atoms with Crippen LogP contribution in [0.25, 0.3) is 10.6 Å². The van der Waals surface area contributed by atoms with Crippen molar-refractivity contribution in [3.63, 3.8) is 0 Å². The summed E-state index contributed by atoms with van der Waals surface area (Å²) < 4.78 is 0. The maximum absolute atomic E-state index is 5.75. The predicted octanol–water partition coefficient (Wildman–Crippen LogP) is 5.73. The molecule has 1 heterocycles. The van der Waals surface area contributed by atoms with Gasteiger partial charge in [-0.1, -0.05) is 44.4 Å². The second kappa shape index (κ2) is 8.07. The van der Waals surface area contributed by atoms with Gasteiger partial charge in [0.15, 0.2) is 0 Å². The molecule has 1 aliphatic carbocycles. The van der Waals surface area contributed by atoms with E-state index in [9.17, 15) is 0 Å². The molecule has 0 bridgehead atoms. The minimum Gasteiger partial charge on any atom is -0.326 e. The SMILES string of the molecule is CCCCC1CCC(c2csc(-c3cccc(CN)c3)n2)CC1. The van der Waals surface area contributed by atoms with Gasteiger partial charge >= 0.3 is 0 Å². The molecule has 1 aromatic carbocycles. The van der Waals surface area contributed by atoms with Gasteiger partial charge in [-0.05, 0) is 43.2 Å². The summed E-state index contributed by atoms with van der Waals surface area (Å²) in [7, 11) is 0. The van der Waals surface area contributed by atoms with Gasteiger partial charge in [-0.3, -0.25) is 0 Å². The molecule has 1 saturated carbocycles. The van der Waals surface area contributed by atoms with Crippen LogP contribution in [0, 0.1) is 5.92 Å². The first kappa shape index (κ1) is 16.7. The van der Waals surface area contributed by atoms with E-state index < -0.39 is 0 Å². The molecule has 0 atom stereocenters. The van der Waals surface area contributed by atoms with Crippen LogP contribution < -0.4 is 5.73 Å². The fourth-order valence-electron chi connectivity index (χ4n) is 3.68. The Morgan fingerprint density at radius 3 is 2.78 bits per heavy atom. The molecule has 3 rings (SSSR count). The number of unbranched alkanes of at least 4 members (excludes halogenated alkanes) is 1. The van der Waals surface area contributed by atoms with Gasteiger partial charge in [0.2, 0.25) is 0 Å². The summed E-state index contributed by atoms with van der Waals surface area (Å²) in [5.41, 5.74) is 9.45. The first-order valence-electron chi connectivity index (χ1n) is 9.05. The van der Waals surface area contributed by atoms with E-state index in [0.717, 1.165) is 10.9 Å². The number of thiazole rings is 1. The Morgan fingerprint density at radius 2 is 2.04 bits per heavy atom. The molecule has 1 aromatic heterocycles. The van der Waals surface area contributed by atoms with Gasteiger partial charge in [0, 0.05) is 23.4 Å². The summed E-state index contributed by atoms with van der Waals surface area (Å²) in [4.78, 5) is 4.94. The van der Waals surface area contributed by atoms with Crippen molar-refractivity contribution >= 4 is 11.3 Å². The average molecular weight is 329 g/mol. The summed E-state index contributed by atoms with van der Waals surface area (Å²) in [6, 6.07) is 8.47. The first-order chi connectivity index (χ1) is 11.3. The van der Waals surface area contributed by atoms with Crippen molar-refractivity contribution in [1.29, 1.82) is 0 Å². The summed E-state index contributed by atoms with van der Waals surface area (Å²) in [5, 5.41) is 3.42. The zero-order valence-corrected chi connectivity index (χ0v) is 14.9. The molecule has 0 spiro atoms. The van der Waals surface area contributed by atoms with E-state index in [1.807, 2.05) is 0 Å². The largest absolute Gasteiger partial charge is 0.326 e. The van der Waals surface area contributed by atoms with Crippen LogP contribution in [-0.4, -0.2) is 4.98 Å². The van der Waals surface area contributed by atoms with Crippen LogP contribution in [0.1, 0.15) is 69.0 Å². The molecule has 1 aliphatic rings. The lowest BCUT2D eigenvalue weighted by atomic mass is 9.79. The van der Waals surface area contributed by atoms with E-state index >= 15 is 0 Å². The Bertz CT molecular complexity index is 612. The minimum absolute atomic E-state index is 0.591. The lowest BCUT2D eigenvalue weighted by Gasteiger charge is -2.27. The van der Waals surface area contributed by atoms with Crippen molar-refractivity contribution < 1.29 is 0 Å². The van der Waals surface area contributed by atoms with Gasteiger partial charge in [-0.2, -0.15) is 0 Å². The van der Waals surface area contributed by atoms with E-state index in [0.29, 0.717) is 12.5 Å². The summed E-state index contributed by atoms with van der Waals surface area (Å²) in [6.07, 6.45) is 9.57. The maximum atomic E-state index is 5.75. The molecule has 0 aliphatic heterocycles. The van der Waals surface area contributed by atoms with E-state index in [2.05, 4.69) is 36.6 Å². The lowest BCUT2D eigenvalue weighted by molar-refractivity contribution is 0.302. The van der Waals surface area contributed by atoms with Gasteiger partial charge < -0.3 is 5.73 Å². The molecular formula is C20H28N2S. The van der Waals surface area contributed by atoms with Crippen LogP contribution in [0.5, 0.6) is 0 Å². The number of aromatic nitrogens is 1. The fraction of sp³-hybridized carbons (Fsp3) is 0.550. The van der Waals surface area contributed by atoms with Crippen molar-refractivity contribution in [2.75, 3.05) is 0 Å². The average Bonchev–Trinajstić information content (AvgIpc) is 3.10. The Morgan fingerprint density at radius 1 is 1.22 bits per heavy atom. The highest BCUT2D eigenvalue weighted by Crippen LogP contribution is 2.39. The Hall–Kier alpha value is -1.19. The number of nitrogens with two attached hydrogens (primary N) is 1. The van der Waals surface area contributed by atoms with Gasteiger partial charge in [-0.15, -0.1) is 11.3 Å². The highest BCUT2D eigenvalue weighted by Gasteiger charge is 2.23. The molecule has 0 amide bonds. The topological polar surface area (TPSA) is 38.9 Å². The third-order valence-electron chi connectivity index (χ3n) is 5.16. The van der Waals surface area contributed by atoms with Crippen LogP contribution in [-0.2, 0) is 6.54 Å². The lowest BCUT2D eigenvalue weighted by Crippen LogP contribution is -2.13. The molecule has 0 saturated heterocycles. The zero-order valence-electron chi connectivity index (χ0n) is 14.1. The predicted molar refractivity (Wildman–Crippen MR) is 99.7 cm³/mol. The molecule has 23 heavy (non-hydrogen) atoms. The molecule has 2 N–H and O–H groups in total. The summed E-state index contributed by atoms with van der Waals surface area (Å²) >= 11 is 1.78. The molecule has 2 aromatic rings. The van der Waals surface area contributed by atoms with Crippen LogP contribution in [0.2, 0.25) is 0 Å². The van der Waals surface area contributed by atoms with Gasteiger partial charge in [0.05, 0.1) is 5.69 Å². The van der Waals surface area contributed by atoms with E-state index in [-0.39, 0.29) is 0 Å². The summed E-state index contributed by atoms with van der Waals surface area (Å²) in [5.74, 6) is 1.64. The second-order valence-corrected chi connectivity index (χ2v) is 7.70. The third-order valence-corrected chi connectivity index (χ3v) is 6.07. The van der Waals surface area contributed by atoms with Crippen LogP contribution in [0.15, 0.2) is 29.6 Å². The number of hydrogen-bond acceptors (Lipinski definition) is 3. The smallest absolute Gasteiger partial charge is 0.123 e. The van der Waals surface area contributed by atoms with Crippen LogP contribution in [0.4, 0.5) is 0 Å². The van der Waals surface area contributed by atoms with E-state index in [1.54, 1.807) is 11.3 Å². The standard InChI is InChI=1S/C20H28N2S/c1-2-3-5-15-8-10-17(11-9-15)19-14-23-20(22-19)18-7-4-6-16(12-18)13-21/h4,6-7,12,14-15,17H,2-3,5,8-11,13,21H2,1H3. The fourth-order valence-corrected chi connectivity index (χ4v) is 4.58. The minimum atomic E-state index is 0.591. The van der Waals surface area contributed by atoms with E-state index in [4.69, 9.17) is 10.7 Å². The van der Waals surface area contributed by atoms with Gasteiger partial charge in [0.25, 0.3) is 0 Å². The number of benzene rings is 1. The molecule has 0 unspecified atom stereocenters. The van der Waals surface area contributed by atoms with Crippen molar-refractivity contribution in [1.82, 2.24) is 4.98 Å². The Labute approximate surface area is 144 Å². The number of hydrogen-bond donors (Lipinski definition) is 1. The quantitative estimate of drug-likeness (QED) is 0.735. The Balaban J connectivity index is 1.63. The monoisotopic (exact) mass is 328 g/mol.